The molecule has 1 aromatic carbocycles. The van der Waals surface area contributed by atoms with Gasteiger partial charge < -0.3 is 14.7 Å². The van der Waals surface area contributed by atoms with Crippen LogP contribution >= 0.6 is 11.3 Å². The zero-order chi connectivity index (χ0) is 16.4. The molecular formula is C15H14N2O5S. The Bertz CT molecular complexity index is 731. The third-order valence-electron chi connectivity index (χ3n) is 3.66. The second-order valence-corrected chi connectivity index (χ2v) is 6.04. The number of morpholine rings is 1. The van der Waals surface area contributed by atoms with Crippen molar-refractivity contribution >= 4 is 22.9 Å². The fraction of sp³-hybridized carbons (Fsp3) is 0.267. The van der Waals surface area contributed by atoms with Gasteiger partial charge in [0.2, 0.25) is 5.75 Å². The van der Waals surface area contributed by atoms with Crippen molar-refractivity contribution in [2.24, 2.45) is 0 Å². The number of hydrogen-bond acceptors (Lipinski definition) is 6. The van der Waals surface area contributed by atoms with Crippen molar-refractivity contribution in [1.29, 1.82) is 0 Å². The van der Waals surface area contributed by atoms with Crippen LogP contribution in [-0.4, -0.2) is 40.5 Å². The quantitative estimate of drug-likeness (QED) is 0.688. The van der Waals surface area contributed by atoms with Gasteiger partial charge in [0, 0.05) is 17.5 Å². The zero-order valence-electron chi connectivity index (χ0n) is 12.0. The summed E-state index contributed by atoms with van der Waals surface area (Å²) in [6.07, 6.45) is -0.214. The highest BCUT2D eigenvalue weighted by molar-refractivity contribution is 7.10. The summed E-state index contributed by atoms with van der Waals surface area (Å²) in [5.41, 5.74) is -0.537. The molecule has 3 rings (SSSR count). The Balaban J connectivity index is 1.83. The number of aromatic hydroxyl groups is 1. The Morgan fingerprint density at radius 1 is 1.39 bits per heavy atom. The highest BCUT2D eigenvalue weighted by Crippen LogP contribution is 2.32. The lowest BCUT2D eigenvalue weighted by Gasteiger charge is -2.32. The monoisotopic (exact) mass is 334 g/mol. The van der Waals surface area contributed by atoms with E-state index < -0.39 is 22.3 Å². The van der Waals surface area contributed by atoms with E-state index in [4.69, 9.17) is 4.74 Å². The molecule has 2 heterocycles. The number of nitro benzene ring substituents is 1. The van der Waals surface area contributed by atoms with Crippen molar-refractivity contribution in [3.05, 3.63) is 56.3 Å². The van der Waals surface area contributed by atoms with Crippen LogP contribution in [0.5, 0.6) is 5.75 Å². The van der Waals surface area contributed by atoms with Crippen molar-refractivity contribution in [2.75, 3.05) is 19.7 Å². The number of hydrogen-bond donors (Lipinski definition) is 1. The van der Waals surface area contributed by atoms with Crippen LogP contribution in [-0.2, 0) is 4.74 Å². The van der Waals surface area contributed by atoms with Gasteiger partial charge in [-0.3, -0.25) is 14.9 Å². The van der Waals surface area contributed by atoms with Crippen molar-refractivity contribution in [1.82, 2.24) is 4.90 Å². The van der Waals surface area contributed by atoms with E-state index in [1.54, 1.807) is 16.2 Å². The predicted octanol–water partition coefficient (Wildman–Crippen LogP) is 2.58. The van der Waals surface area contributed by atoms with Gasteiger partial charge in [-0.1, -0.05) is 12.1 Å². The van der Waals surface area contributed by atoms with E-state index in [9.17, 15) is 20.0 Å². The molecular weight excluding hydrogens is 320 g/mol. The van der Waals surface area contributed by atoms with Crippen LogP contribution < -0.4 is 0 Å². The van der Waals surface area contributed by atoms with Crippen LogP contribution in [0.4, 0.5) is 5.69 Å². The zero-order valence-corrected chi connectivity index (χ0v) is 12.9. The summed E-state index contributed by atoms with van der Waals surface area (Å²) in [6.45, 7) is 1.11. The molecule has 1 N–H and O–H groups in total. The van der Waals surface area contributed by atoms with Crippen molar-refractivity contribution in [3.63, 3.8) is 0 Å². The minimum Gasteiger partial charge on any atom is -0.502 e. The molecule has 2 aromatic rings. The van der Waals surface area contributed by atoms with Crippen molar-refractivity contribution in [3.8, 4) is 5.75 Å². The SMILES string of the molecule is O=C(c1cccc([N+](=O)[O-])c1O)N1CCO[C@H](c2cccs2)C1. The van der Waals surface area contributed by atoms with Crippen LogP contribution in [0, 0.1) is 10.1 Å². The molecule has 0 aliphatic carbocycles. The molecule has 0 unspecified atom stereocenters. The van der Waals surface area contributed by atoms with Crippen molar-refractivity contribution < 1.29 is 19.6 Å². The predicted molar refractivity (Wildman–Crippen MR) is 83.7 cm³/mol. The fourth-order valence-electron chi connectivity index (χ4n) is 2.50. The smallest absolute Gasteiger partial charge is 0.311 e. The number of benzene rings is 1. The maximum Gasteiger partial charge on any atom is 0.311 e. The maximum absolute atomic E-state index is 12.6. The Labute approximate surface area is 135 Å². The molecule has 1 aromatic heterocycles. The van der Waals surface area contributed by atoms with E-state index in [0.29, 0.717) is 19.7 Å². The lowest BCUT2D eigenvalue weighted by atomic mass is 10.1. The van der Waals surface area contributed by atoms with Crippen LogP contribution in [0.15, 0.2) is 35.7 Å². The molecule has 1 saturated heterocycles. The second-order valence-electron chi connectivity index (χ2n) is 5.06. The van der Waals surface area contributed by atoms with Crippen LogP contribution in [0.1, 0.15) is 21.3 Å². The lowest BCUT2D eigenvalue weighted by Crippen LogP contribution is -2.42. The van der Waals surface area contributed by atoms with Crippen LogP contribution in [0.3, 0.4) is 0 Å². The number of rotatable bonds is 3. The number of amides is 1. The first-order chi connectivity index (χ1) is 11.1. The van der Waals surface area contributed by atoms with E-state index in [0.717, 1.165) is 4.88 Å². The topological polar surface area (TPSA) is 92.9 Å². The van der Waals surface area contributed by atoms with Gasteiger partial charge >= 0.3 is 5.69 Å². The Morgan fingerprint density at radius 2 is 2.22 bits per heavy atom. The number of nitrogens with zero attached hydrogens (tertiary/aromatic N) is 2. The lowest BCUT2D eigenvalue weighted by molar-refractivity contribution is -0.385. The summed E-state index contributed by atoms with van der Waals surface area (Å²) in [5, 5.41) is 22.8. The number of thiophene rings is 1. The molecule has 0 radical (unpaired) electrons. The number of phenolic OH excluding ortho intramolecular Hbond substituents is 1. The first-order valence-corrected chi connectivity index (χ1v) is 7.86. The molecule has 1 fully saturated rings. The first kappa shape index (κ1) is 15.4. The summed E-state index contributed by atoms with van der Waals surface area (Å²) in [6, 6.07) is 7.80. The van der Waals surface area contributed by atoms with Gasteiger partial charge in [-0.25, -0.2) is 0 Å². The summed E-state index contributed by atoms with van der Waals surface area (Å²) in [7, 11) is 0. The molecule has 1 aliphatic heterocycles. The van der Waals surface area contributed by atoms with Crippen LogP contribution in [0.25, 0.3) is 0 Å². The van der Waals surface area contributed by atoms with Gasteiger partial charge in [-0.2, -0.15) is 0 Å². The molecule has 0 spiro atoms. The third-order valence-corrected chi connectivity index (χ3v) is 4.62. The molecule has 1 amide bonds. The summed E-state index contributed by atoms with van der Waals surface area (Å²) in [4.78, 5) is 25.3. The minimum atomic E-state index is -0.708. The van der Waals surface area contributed by atoms with E-state index >= 15 is 0 Å². The Hall–Kier alpha value is -2.45. The van der Waals surface area contributed by atoms with Gasteiger partial charge in [-0.05, 0) is 17.5 Å². The Morgan fingerprint density at radius 3 is 2.91 bits per heavy atom. The van der Waals surface area contributed by atoms with Crippen molar-refractivity contribution in [2.45, 2.75) is 6.10 Å². The summed E-state index contributed by atoms with van der Waals surface area (Å²) >= 11 is 1.55. The second kappa shape index (κ2) is 6.35. The van der Waals surface area contributed by atoms with Gasteiger partial charge in [0.15, 0.2) is 0 Å². The van der Waals surface area contributed by atoms with E-state index in [2.05, 4.69) is 0 Å². The number of nitro groups is 1. The number of carbonyl (C=O) groups excluding carboxylic acids is 1. The number of ether oxygens (including phenoxy) is 1. The van der Waals surface area contributed by atoms with E-state index in [1.165, 1.54) is 18.2 Å². The fourth-order valence-corrected chi connectivity index (χ4v) is 3.27. The first-order valence-electron chi connectivity index (χ1n) is 6.98. The largest absolute Gasteiger partial charge is 0.502 e. The van der Waals surface area contributed by atoms with Gasteiger partial charge in [0.1, 0.15) is 6.10 Å². The summed E-state index contributed by atoms with van der Waals surface area (Å²) < 4.78 is 5.68. The molecule has 23 heavy (non-hydrogen) atoms. The number of carbonyl (C=O) groups is 1. The average Bonchev–Trinajstić information content (AvgIpc) is 3.09. The van der Waals surface area contributed by atoms with Gasteiger partial charge in [0.25, 0.3) is 5.91 Å². The van der Waals surface area contributed by atoms with E-state index in [-0.39, 0.29) is 11.7 Å². The summed E-state index contributed by atoms with van der Waals surface area (Å²) in [5.74, 6) is -1.03. The average molecular weight is 334 g/mol. The molecule has 120 valence electrons. The molecule has 7 nitrogen and oxygen atoms in total. The molecule has 0 saturated carbocycles. The Kier molecular flexibility index (Phi) is 4.26. The molecule has 1 atom stereocenters. The minimum absolute atomic E-state index is 0.0639. The molecule has 8 heteroatoms. The van der Waals surface area contributed by atoms with E-state index in [1.807, 2.05) is 17.5 Å². The molecule has 0 bridgehead atoms. The maximum atomic E-state index is 12.6. The highest BCUT2D eigenvalue weighted by atomic mass is 32.1. The van der Waals surface area contributed by atoms with Crippen LogP contribution in [0.2, 0.25) is 0 Å². The highest BCUT2D eigenvalue weighted by Gasteiger charge is 2.29. The standard InChI is InChI=1S/C15H14N2O5S/c18-14-10(3-1-4-11(14)17(20)21)15(19)16-6-7-22-12(9-16)13-5-2-8-23-13/h1-5,8,12,18H,6-7,9H2/t12-/m0/s1. The molecule has 1 aliphatic rings. The number of phenols is 1. The number of para-hydroxylation sites is 1. The van der Waals surface area contributed by atoms with Gasteiger partial charge in [0.05, 0.1) is 23.6 Å². The third kappa shape index (κ3) is 3.03. The van der Waals surface area contributed by atoms with Gasteiger partial charge in [-0.15, -0.1) is 11.3 Å². The normalized spacial score (nSPS) is 17.9.